The quantitative estimate of drug-likeness (QED) is 0.546. The molecular formula is C16H11NO5. The summed E-state index contributed by atoms with van der Waals surface area (Å²) in [6.07, 6.45) is 1.32. The van der Waals surface area contributed by atoms with Crippen LogP contribution in [0, 0.1) is 10.1 Å². The largest absolute Gasteiger partial charge is 0.490 e. The number of fused-ring (bicyclic) bond motifs is 1. The first-order valence-electron chi connectivity index (χ1n) is 6.45. The molecule has 6 heteroatoms. The van der Waals surface area contributed by atoms with E-state index in [0.29, 0.717) is 16.5 Å². The highest BCUT2D eigenvalue weighted by Crippen LogP contribution is 2.31. The van der Waals surface area contributed by atoms with Gasteiger partial charge in [0.2, 0.25) is 0 Å². The third-order valence-electron chi connectivity index (χ3n) is 3.37. The van der Waals surface area contributed by atoms with Crippen LogP contribution in [0.3, 0.4) is 0 Å². The zero-order valence-electron chi connectivity index (χ0n) is 11.6. The number of nitrogens with zero attached hydrogens (tertiary/aromatic N) is 1. The third-order valence-corrected chi connectivity index (χ3v) is 3.37. The highest BCUT2D eigenvalue weighted by molar-refractivity contribution is 5.82. The Kier molecular flexibility index (Phi) is 3.34. The number of benzene rings is 2. The van der Waals surface area contributed by atoms with E-state index in [1.54, 1.807) is 30.3 Å². The molecule has 0 radical (unpaired) electrons. The number of nitro benzene ring substituents is 1. The Labute approximate surface area is 124 Å². The number of nitro groups is 1. The average Bonchev–Trinajstić information content (AvgIpc) is 2.55. The van der Waals surface area contributed by atoms with Crippen LogP contribution < -0.4 is 10.2 Å². The van der Waals surface area contributed by atoms with Gasteiger partial charge in [0.15, 0.2) is 11.2 Å². The van der Waals surface area contributed by atoms with Gasteiger partial charge in [-0.05, 0) is 29.8 Å². The zero-order valence-corrected chi connectivity index (χ0v) is 11.6. The van der Waals surface area contributed by atoms with Crippen LogP contribution in [0.4, 0.5) is 5.69 Å². The number of ether oxygens (including phenoxy) is 1. The molecule has 0 aliphatic heterocycles. The lowest BCUT2D eigenvalue weighted by molar-refractivity contribution is -0.385. The zero-order chi connectivity index (χ0) is 15.7. The lowest BCUT2D eigenvalue weighted by atomic mass is 10.0. The van der Waals surface area contributed by atoms with Crippen molar-refractivity contribution in [1.29, 1.82) is 0 Å². The van der Waals surface area contributed by atoms with Gasteiger partial charge in [0, 0.05) is 6.07 Å². The Balaban J connectivity index is 2.24. The first kappa shape index (κ1) is 13.8. The average molecular weight is 297 g/mol. The molecule has 0 bridgehead atoms. The monoisotopic (exact) mass is 297 g/mol. The molecule has 0 amide bonds. The molecule has 0 unspecified atom stereocenters. The summed E-state index contributed by atoms with van der Waals surface area (Å²) in [6.45, 7) is 0. The van der Waals surface area contributed by atoms with E-state index in [2.05, 4.69) is 0 Å². The van der Waals surface area contributed by atoms with E-state index >= 15 is 0 Å². The van der Waals surface area contributed by atoms with Crippen LogP contribution in [0.15, 0.2) is 57.9 Å². The second-order valence-corrected chi connectivity index (χ2v) is 4.62. The Hall–Kier alpha value is -3.15. The molecule has 0 N–H and O–H groups in total. The van der Waals surface area contributed by atoms with Crippen LogP contribution in [0.1, 0.15) is 0 Å². The fourth-order valence-corrected chi connectivity index (χ4v) is 2.28. The molecule has 1 aromatic heterocycles. The second kappa shape index (κ2) is 5.33. The molecule has 110 valence electrons. The highest BCUT2D eigenvalue weighted by atomic mass is 16.6. The molecule has 0 atom stereocenters. The van der Waals surface area contributed by atoms with Crippen molar-refractivity contribution < 1.29 is 14.1 Å². The third kappa shape index (κ3) is 2.20. The van der Waals surface area contributed by atoms with Crippen molar-refractivity contribution in [2.45, 2.75) is 0 Å². The molecule has 0 saturated heterocycles. The van der Waals surface area contributed by atoms with Crippen molar-refractivity contribution in [2.75, 3.05) is 7.11 Å². The molecule has 0 aliphatic rings. The van der Waals surface area contributed by atoms with E-state index in [1.807, 2.05) is 0 Å². The Morgan fingerprint density at radius 1 is 1.18 bits per heavy atom. The SMILES string of the molecule is COc1ccc(-c2coc3ccccc3c2=O)cc1[N+](=O)[O-]. The Morgan fingerprint density at radius 2 is 1.95 bits per heavy atom. The van der Waals surface area contributed by atoms with E-state index in [-0.39, 0.29) is 22.4 Å². The van der Waals surface area contributed by atoms with Gasteiger partial charge in [0.25, 0.3) is 0 Å². The van der Waals surface area contributed by atoms with Gasteiger partial charge in [-0.3, -0.25) is 14.9 Å². The van der Waals surface area contributed by atoms with Crippen molar-refractivity contribution in [2.24, 2.45) is 0 Å². The summed E-state index contributed by atoms with van der Waals surface area (Å²) in [4.78, 5) is 23.0. The lowest BCUT2D eigenvalue weighted by Crippen LogP contribution is -2.05. The minimum atomic E-state index is -0.551. The summed E-state index contributed by atoms with van der Waals surface area (Å²) in [6, 6.07) is 11.2. The first-order valence-corrected chi connectivity index (χ1v) is 6.45. The maximum atomic E-state index is 12.5. The summed E-state index contributed by atoms with van der Waals surface area (Å²) in [5, 5.41) is 11.5. The van der Waals surface area contributed by atoms with Crippen molar-refractivity contribution >= 4 is 16.7 Å². The Bertz CT molecular complexity index is 929. The summed E-state index contributed by atoms with van der Waals surface area (Å²) in [7, 11) is 1.35. The maximum Gasteiger partial charge on any atom is 0.311 e. The molecule has 2 aromatic carbocycles. The predicted molar refractivity (Wildman–Crippen MR) is 81.1 cm³/mol. The molecule has 0 saturated carbocycles. The van der Waals surface area contributed by atoms with Crippen molar-refractivity contribution in [3.63, 3.8) is 0 Å². The van der Waals surface area contributed by atoms with Gasteiger partial charge in [-0.1, -0.05) is 12.1 Å². The van der Waals surface area contributed by atoms with Crippen LogP contribution in [0.2, 0.25) is 0 Å². The number of rotatable bonds is 3. The van der Waals surface area contributed by atoms with Crippen molar-refractivity contribution in [1.82, 2.24) is 0 Å². The van der Waals surface area contributed by atoms with Gasteiger partial charge < -0.3 is 9.15 Å². The number of hydrogen-bond donors (Lipinski definition) is 0. The summed E-state index contributed by atoms with van der Waals surface area (Å²) in [5.41, 5.74) is 0.713. The molecule has 0 fully saturated rings. The maximum absolute atomic E-state index is 12.5. The van der Waals surface area contributed by atoms with Crippen molar-refractivity contribution in [3.8, 4) is 16.9 Å². The van der Waals surface area contributed by atoms with E-state index < -0.39 is 4.92 Å². The second-order valence-electron chi connectivity index (χ2n) is 4.62. The fraction of sp³-hybridized carbons (Fsp3) is 0.0625. The van der Waals surface area contributed by atoms with Gasteiger partial charge >= 0.3 is 5.69 Å². The molecule has 0 aliphatic carbocycles. The van der Waals surface area contributed by atoms with E-state index in [1.165, 1.54) is 25.5 Å². The normalized spacial score (nSPS) is 10.6. The summed E-state index contributed by atoms with van der Waals surface area (Å²) < 4.78 is 10.4. The summed E-state index contributed by atoms with van der Waals surface area (Å²) >= 11 is 0. The standard InChI is InChI=1S/C16H11NO5/c1-21-15-7-6-10(8-13(15)17(19)20)12-9-22-14-5-3-2-4-11(14)16(12)18/h2-9H,1H3. The van der Waals surface area contributed by atoms with Crippen LogP contribution in [-0.4, -0.2) is 12.0 Å². The molecule has 0 spiro atoms. The van der Waals surface area contributed by atoms with Crippen LogP contribution in [0.5, 0.6) is 5.75 Å². The minimum Gasteiger partial charge on any atom is -0.490 e. The molecular weight excluding hydrogens is 286 g/mol. The van der Waals surface area contributed by atoms with Crippen molar-refractivity contribution in [3.05, 3.63) is 69.1 Å². The minimum absolute atomic E-state index is 0.138. The first-order chi connectivity index (χ1) is 10.6. The predicted octanol–water partition coefficient (Wildman–Crippen LogP) is 3.38. The topological polar surface area (TPSA) is 82.6 Å². The van der Waals surface area contributed by atoms with E-state index in [9.17, 15) is 14.9 Å². The molecule has 6 nitrogen and oxygen atoms in total. The smallest absolute Gasteiger partial charge is 0.311 e. The number of hydrogen-bond acceptors (Lipinski definition) is 5. The molecule has 1 heterocycles. The molecule has 22 heavy (non-hydrogen) atoms. The molecule has 3 rings (SSSR count). The highest BCUT2D eigenvalue weighted by Gasteiger charge is 2.18. The van der Waals surface area contributed by atoms with Gasteiger partial charge in [-0.25, -0.2) is 0 Å². The van der Waals surface area contributed by atoms with Gasteiger partial charge in [0.1, 0.15) is 11.8 Å². The Morgan fingerprint density at radius 3 is 2.68 bits per heavy atom. The fourth-order valence-electron chi connectivity index (χ4n) is 2.28. The lowest BCUT2D eigenvalue weighted by Gasteiger charge is -2.05. The van der Waals surface area contributed by atoms with Crippen LogP contribution >= 0.6 is 0 Å². The van der Waals surface area contributed by atoms with Crippen LogP contribution in [-0.2, 0) is 0 Å². The molecule has 3 aromatic rings. The van der Waals surface area contributed by atoms with E-state index in [0.717, 1.165) is 0 Å². The van der Waals surface area contributed by atoms with Crippen LogP contribution in [0.25, 0.3) is 22.1 Å². The van der Waals surface area contributed by atoms with Gasteiger partial charge in [-0.15, -0.1) is 0 Å². The van der Waals surface area contributed by atoms with E-state index in [4.69, 9.17) is 9.15 Å². The number of para-hydroxylation sites is 1. The van der Waals surface area contributed by atoms with Gasteiger partial charge in [0.05, 0.1) is 23.0 Å². The van der Waals surface area contributed by atoms with Gasteiger partial charge in [-0.2, -0.15) is 0 Å². The number of methoxy groups -OCH3 is 1. The summed E-state index contributed by atoms with van der Waals surface area (Å²) in [5.74, 6) is 0.138.